The van der Waals surface area contributed by atoms with Gasteiger partial charge in [-0.1, -0.05) is 58.3 Å². The Labute approximate surface area is 176 Å². The minimum absolute atomic E-state index is 0. The van der Waals surface area contributed by atoms with Gasteiger partial charge in [0.1, 0.15) is 0 Å². The first kappa shape index (κ1) is 28.9. The first-order valence-electron chi connectivity index (χ1n) is 10.5. The third kappa shape index (κ3) is 12.9. The second-order valence-electron chi connectivity index (χ2n) is 7.14. The van der Waals surface area contributed by atoms with E-state index in [1.807, 2.05) is 0 Å². The summed E-state index contributed by atoms with van der Waals surface area (Å²) in [5.41, 5.74) is 9.79. The molecule has 0 radical (unpaired) electrons. The number of esters is 1. The van der Waals surface area contributed by atoms with E-state index < -0.39 is 11.5 Å². The summed E-state index contributed by atoms with van der Waals surface area (Å²) in [6.45, 7) is 4.49. The molecule has 0 bridgehead atoms. The largest absolute Gasteiger partial charge is 0.464 e. The van der Waals surface area contributed by atoms with Crippen molar-refractivity contribution in [3.05, 3.63) is 0 Å². The Morgan fingerprint density at radius 3 is 2.00 bits per heavy atom. The van der Waals surface area contributed by atoms with Crippen molar-refractivity contribution < 1.29 is 14.3 Å². The van der Waals surface area contributed by atoms with Crippen molar-refractivity contribution in [1.29, 1.82) is 5.41 Å². The number of ether oxygens (including phenoxy) is 1. The number of halogens is 1. The van der Waals surface area contributed by atoms with Gasteiger partial charge in [0.15, 0.2) is 17.3 Å². The molecule has 0 aliphatic rings. The van der Waals surface area contributed by atoms with Crippen molar-refractivity contribution in [3.8, 4) is 0 Å². The second-order valence-corrected chi connectivity index (χ2v) is 7.14. The van der Waals surface area contributed by atoms with Crippen LogP contribution in [0.25, 0.3) is 0 Å². The molecule has 0 fully saturated rings. The molecule has 8 heteroatoms. The zero-order chi connectivity index (χ0) is 20.5. The molecule has 166 valence electrons. The number of guanidine groups is 1. The summed E-state index contributed by atoms with van der Waals surface area (Å²) in [7, 11) is 0. The van der Waals surface area contributed by atoms with Crippen molar-refractivity contribution in [2.45, 2.75) is 96.4 Å². The van der Waals surface area contributed by atoms with Crippen LogP contribution in [0, 0.1) is 5.41 Å². The van der Waals surface area contributed by atoms with E-state index in [4.69, 9.17) is 21.6 Å². The molecule has 0 spiro atoms. The van der Waals surface area contributed by atoms with E-state index in [9.17, 15) is 9.59 Å². The summed E-state index contributed by atoms with van der Waals surface area (Å²) < 4.78 is 5.03. The molecule has 0 aliphatic carbocycles. The van der Waals surface area contributed by atoms with E-state index in [2.05, 4.69) is 12.2 Å². The lowest BCUT2D eigenvalue weighted by Crippen LogP contribution is -2.56. The van der Waals surface area contributed by atoms with Crippen molar-refractivity contribution in [2.24, 2.45) is 11.5 Å². The highest BCUT2D eigenvalue weighted by atomic mass is 35.5. The standard InChI is InChI=1S/C20H40N4O3.ClH/c1-3-5-6-7-8-9-10-11-12-14-17(25)20(23,18(26)27-4-2)15-13-16-24-19(21)22;/h3-16,23H2,1-2H3,(H4,21,22,24);1H/t20-;/m1./s1. The Balaban J connectivity index is 0. The van der Waals surface area contributed by atoms with Crippen LogP contribution in [0.4, 0.5) is 0 Å². The van der Waals surface area contributed by atoms with Gasteiger partial charge in [0.25, 0.3) is 0 Å². The van der Waals surface area contributed by atoms with Crippen LogP contribution in [-0.2, 0) is 14.3 Å². The molecule has 0 saturated heterocycles. The minimum Gasteiger partial charge on any atom is -0.464 e. The fourth-order valence-corrected chi connectivity index (χ4v) is 3.02. The number of carbonyl (C=O) groups is 2. The molecular formula is C20H41ClN4O3. The average molecular weight is 421 g/mol. The van der Waals surface area contributed by atoms with Crippen molar-refractivity contribution in [1.82, 2.24) is 5.32 Å². The fourth-order valence-electron chi connectivity index (χ4n) is 3.02. The van der Waals surface area contributed by atoms with Gasteiger partial charge in [0.05, 0.1) is 6.61 Å². The van der Waals surface area contributed by atoms with Crippen LogP contribution in [0.1, 0.15) is 90.9 Å². The lowest BCUT2D eigenvalue weighted by molar-refractivity contribution is -0.154. The van der Waals surface area contributed by atoms with E-state index in [0.29, 0.717) is 19.4 Å². The van der Waals surface area contributed by atoms with Crippen LogP contribution in [0.2, 0.25) is 0 Å². The number of nitrogens with two attached hydrogens (primary N) is 2. The number of rotatable bonds is 17. The highest BCUT2D eigenvalue weighted by molar-refractivity contribution is 6.08. The maximum atomic E-state index is 12.6. The quantitative estimate of drug-likeness (QED) is 0.0936. The second kappa shape index (κ2) is 17.7. The van der Waals surface area contributed by atoms with E-state index in [0.717, 1.165) is 19.3 Å². The minimum atomic E-state index is -1.60. The third-order valence-electron chi connectivity index (χ3n) is 4.71. The van der Waals surface area contributed by atoms with Gasteiger partial charge in [-0.3, -0.25) is 10.2 Å². The molecule has 0 amide bonds. The van der Waals surface area contributed by atoms with Crippen LogP contribution in [-0.4, -0.2) is 36.4 Å². The van der Waals surface area contributed by atoms with Crippen LogP contribution in [0.15, 0.2) is 0 Å². The zero-order valence-electron chi connectivity index (χ0n) is 17.7. The number of ketones is 1. The van der Waals surface area contributed by atoms with Gasteiger partial charge < -0.3 is 21.5 Å². The number of carbonyl (C=O) groups excluding carboxylic acids is 2. The monoisotopic (exact) mass is 420 g/mol. The third-order valence-corrected chi connectivity index (χ3v) is 4.71. The highest BCUT2D eigenvalue weighted by Crippen LogP contribution is 2.18. The molecule has 0 unspecified atom stereocenters. The van der Waals surface area contributed by atoms with Gasteiger partial charge in [0.2, 0.25) is 0 Å². The lowest BCUT2D eigenvalue weighted by atomic mass is 9.86. The number of Topliss-reactive ketones (excluding diaryl/α,β-unsaturated/α-hetero) is 1. The van der Waals surface area contributed by atoms with Crippen LogP contribution >= 0.6 is 12.4 Å². The molecule has 0 aromatic rings. The maximum Gasteiger partial charge on any atom is 0.333 e. The normalized spacial score (nSPS) is 12.5. The number of hydrogen-bond donors (Lipinski definition) is 4. The number of unbranched alkanes of at least 4 members (excludes halogenated alkanes) is 8. The Morgan fingerprint density at radius 2 is 1.50 bits per heavy atom. The molecule has 6 N–H and O–H groups in total. The molecule has 7 nitrogen and oxygen atoms in total. The number of hydrogen-bond acceptors (Lipinski definition) is 5. The van der Waals surface area contributed by atoms with E-state index in [1.165, 1.54) is 38.5 Å². The summed E-state index contributed by atoms with van der Waals surface area (Å²) in [5.74, 6) is -1.06. The van der Waals surface area contributed by atoms with Crippen molar-refractivity contribution in [2.75, 3.05) is 13.2 Å². The molecule has 0 aliphatic heterocycles. The van der Waals surface area contributed by atoms with Crippen LogP contribution < -0.4 is 16.8 Å². The molecule has 0 aromatic carbocycles. The SMILES string of the molecule is CCCCCCCCCCCC(=O)[C@](N)(CCCNC(=N)N)C(=O)OCC.Cl. The topological polar surface area (TPSA) is 131 Å². The Kier molecular flexibility index (Phi) is 18.3. The first-order chi connectivity index (χ1) is 12.9. The smallest absolute Gasteiger partial charge is 0.333 e. The molecule has 0 aromatic heterocycles. The lowest BCUT2D eigenvalue weighted by Gasteiger charge is -2.25. The Hall–Kier alpha value is -1.34. The summed E-state index contributed by atoms with van der Waals surface area (Å²) in [4.78, 5) is 24.8. The number of nitrogens with one attached hydrogen (secondary N) is 2. The van der Waals surface area contributed by atoms with Gasteiger partial charge in [-0.2, -0.15) is 0 Å². The van der Waals surface area contributed by atoms with Crippen molar-refractivity contribution >= 4 is 30.1 Å². The van der Waals surface area contributed by atoms with Gasteiger partial charge in [-0.15, -0.1) is 12.4 Å². The van der Waals surface area contributed by atoms with Gasteiger partial charge >= 0.3 is 5.97 Å². The molecular weight excluding hydrogens is 380 g/mol. The Morgan fingerprint density at radius 1 is 0.964 bits per heavy atom. The van der Waals surface area contributed by atoms with Gasteiger partial charge in [0, 0.05) is 13.0 Å². The summed E-state index contributed by atoms with van der Waals surface area (Å²) in [6.07, 6.45) is 11.4. The molecule has 28 heavy (non-hydrogen) atoms. The fraction of sp³-hybridized carbons (Fsp3) is 0.850. The highest BCUT2D eigenvalue weighted by Gasteiger charge is 2.41. The summed E-state index contributed by atoms with van der Waals surface area (Å²) >= 11 is 0. The first-order valence-corrected chi connectivity index (χ1v) is 10.5. The van der Waals surface area contributed by atoms with Crippen LogP contribution in [0.3, 0.4) is 0 Å². The summed E-state index contributed by atoms with van der Waals surface area (Å²) in [6, 6.07) is 0. The van der Waals surface area contributed by atoms with E-state index in [-0.39, 0.29) is 37.2 Å². The van der Waals surface area contributed by atoms with Crippen LogP contribution in [0.5, 0.6) is 0 Å². The van der Waals surface area contributed by atoms with E-state index in [1.54, 1.807) is 6.92 Å². The molecule has 0 heterocycles. The predicted molar refractivity (Wildman–Crippen MR) is 117 cm³/mol. The van der Waals surface area contributed by atoms with Crippen molar-refractivity contribution in [3.63, 3.8) is 0 Å². The van der Waals surface area contributed by atoms with Gasteiger partial charge in [-0.05, 0) is 26.2 Å². The van der Waals surface area contributed by atoms with E-state index >= 15 is 0 Å². The molecule has 0 saturated carbocycles. The molecule has 0 rings (SSSR count). The molecule has 1 atom stereocenters. The van der Waals surface area contributed by atoms with Gasteiger partial charge in [-0.25, -0.2) is 4.79 Å². The maximum absolute atomic E-state index is 12.6. The average Bonchev–Trinajstić information content (AvgIpc) is 2.63. The summed E-state index contributed by atoms with van der Waals surface area (Å²) in [5, 5.41) is 9.79. The predicted octanol–water partition coefficient (Wildman–Crippen LogP) is 3.42. The Bertz CT molecular complexity index is 449. The zero-order valence-corrected chi connectivity index (χ0v) is 18.5.